The largest absolute Gasteiger partial charge is 0.508 e. The quantitative estimate of drug-likeness (QED) is 0.738. The molecule has 2 unspecified atom stereocenters. The van der Waals surface area contributed by atoms with Crippen LogP contribution < -0.4 is 0 Å². The summed E-state index contributed by atoms with van der Waals surface area (Å²) >= 11 is 6.42. The summed E-state index contributed by atoms with van der Waals surface area (Å²) in [5.74, 6) is -0.0145. The molecule has 15 heavy (non-hydrogen) atoms. The van der Waals surface area contributed by atoms with E-state index in [-0.39, 0.29) is 5.75 Å². The highest BCUT2D eigenvalue weighted by atomic mass is 79.9. The maximum atomic E-state index is 9.77. The molecular formula is C10H12Br2O3. The van der Waals surface area contributed by atoms with E-state index >= 15 is 0 Å². The summed E-state index contributed by atoms with van der Waals surface area (Å²) in [6.45, 7) is 0. The van der Waals surface area contributed by atoms with Crippen molar-refractivity contribution in [3.63, 3.8) is 0 Å². The summed E-state index contributed by atoms with van der Waals surface area (Å²) in [5.41, 5.74) is 0.331. The van der Waals surface area contributed by atoms with E-state index in [4.69, 9.17) is 0 Å². The van der Waals surface area contributed by atoms with Gasteiger partial charge in [0.2, 0.25) is 0 Å². The van der Waals surface area contributed by atoms with Crippen molar-refractivity contribution < 1.29 is 15.3 Å². The first-order chi connectivity index (χ1) is 7.06. The molecule has 0 aliphatic carbocycles. The van der Waals surface area contributed by atoms with Gasteiger partial charge in [0.25, 0.3) is 0 Å². The van der Waals surface area contributed by atoms with Crippen molar-refractivity contribution in [2.24, 2.45) is 0 Å². The van der Waals surface area contributed by atoms with Crippen LogP contribution in [0, 0.1) is 0 Å². The molecule has 1 aromatic carbocycles. The average Bonchev–Trinajstić information content (AvgIpc) is 2.21. The lowest BCUT2D eigenvalue weighted by atomic mass is 10.0. The fourth-order valence-corrected chi connectivity index (χ4v) is 2.09. The van der Waals surface area contributed by atoms with E-state index in [1.165, 1.54) is 6.07 Å². The Hall–Kier alpha value is -0.100. The molecule has 0 aliphatic rings. The van der Waals surface area contributed by atoms with Crippen LogP contribution in [0.3, 0.4) is 0 Å². The van der Waals surface area contributed by atoms with Crippen LogP contribution in [0.4, 0.5) is 0 Å². The monoisotopic (exact) mass is 338 g/mol. The summed E-state index contributed by atoms with van der Waals surface area (Å²) in [4.78, 5) is 0. The second-order valence-corrected chi connectivity index (χ2v) is 4.90. The van der Waals surface area contributed by atoms with Crippen molar-refractivity contribution in [2.45, 2.75) is 18.6 Å². The Bertz CT molecular complexity index is 330. The first kappa shape index (κ1) is 13.0. The van der Waals surface area contributed by atoms with Crippen LogP contribution >= 0.6 is 31.9 Å². The van der Waals surface area contributed by atoms with Gasteiger partial charge in [-0.2, -0.15) is 0 Å². The lowest BCUT2D eigenvalue weighted by Gasteiger charge is -2.18. The van der Waals surface area contributed by atoms with Gasteiger partial charge < -0.3 is 15.3 Å². The van der Waals surface area contributed by atoms with Crippen LogP contribution in [0.25, 0.3) is 0 Å². The molecule has 0 spiro atoms. The number of aromatic hydroxyl groups is 1. The molecule has 0 saturated carbocycles. The SMILES string of the molecule is Oc1ccc(Br)cc1C(O)C(O)CCBr. The van der Waals surface area contributed by atoms with Crippen LogP contribution in [0.5, 0.6) is 5.75 Å². The van der Waals surface area contributed by atoms with E-state index in [0.29, 0.717) is 17.3 Å². The smallest absolute Gasteiger partial charge is 0.121 e. The van der Waals surface area contributed by atoms with Crippen LogP contribution in [0.1, 0.15) is 18.1 Å². The molecule has 0 saturated heterocycles. The minimum absolute atomic E-state index is 0.0145. The predicted octanol–water partition coefficient (Wildman–Crippen LogP) is 2.33. The van der Waals surface area contributed by atoms with Gasteiger partial charge in [0.1, 0.15) is 11.9 Å². The molecular weight excluding hydrogens is 328 g/mol. The molecule has 1 aromatic rings. The molecule has 0 heterocycles. The predicted molar refractivity (Wildman–Crippen MR) is 65.2 cm³/mol. The van der Waals surface area contributed by atoms with Gasteiger partial charge in [-0.15, -0.1) is 0 Å². The zero-order valence-corrected chi connectivity index (χ0v) is 11.1. The normalized spacial score (nSPS) is 14.9. The highest BCUT2D eigenvalue weighted by Crippen LogP contribution is 2.30. The number of hydrogen-bond acceptors (Lipinski definition) is 3. The number of halogens is 2. The molecule has 0 amide bonds. The number of alkyl halides is 1. The number of benzene rings is 1. The second kappa shape index (κ2) is 5.84. The Balaban J connectivity index is 2.89. The van der Waals surface area contributed by atoms with Gasteiger partial charge in [-0.05, 0) is 24.6 Å². The number of phenols is 1. The first-order valence-electron chi connectivity index (χ1n) is 4.46. The van der Waals surface area contributed by atoms with E-state index in [1.807, 2.05) is 0 Å². The molecule has 0 fully saturated rings. The Morgan fingerprint density at radius 2 is 1.93 bits per heavy atom. The van der Waals surface area contributed by atoms with Crippen LogP contribution in [0.15, 0.2) is 22.7 Å². The molecule has 84 valence electrons. The number of aliphatic hydroxyl groups is 2. The molecule has 3 nitrogen and oxygen atoms in total. The van der Waals surface area contributed by atoms with Gasteiger partial charge in [0.05, 0.1) is 6.10 Å². The summed E-state index contributed by atoms with van der Waals surface area (Å²) < 4.78 is 0.750. The third-order valence-electron chi connectivity index (χ3n) is 2.08. The molecule has 0 bridgehead atoms. The zero-order valence-electron chi connectivity index (χ0n) is 7.90. The second-order valence-electron chi connectivity index (χ2n) is 3.19. The highest BCUT2D eigenvalue weighted by molar-refractivity contribution is 9.10. The van der Waals surface area contributed by atoms with E-state index < -0.39 is 12.2 Å². The standard InChI is InChI=1S/C10H12Br2O3/c11-4-3-9(14)10(15)7-5-6(12)1-2-8(7)13/h1-2,5,9-10,13-15H,3-4H2. The summed E-state index contributed by atoms with van der Waals surface area (Å²) in [6, 6.07) is 4.74. The molecule has 1 rings (SSSR count). The fraction of sp³-hybridized carbons (Fsp3) is 0.400. The van der Waals surface area contributed by atoms with E-state index in [1.54, 1.807) is 12.1 Å². The van der Waals surface area contributed by atoms with Crippen LogP contribution in [-0.4, -0.2) is 26.8 Å². The molecule has 0 aliphatic heterocycles. The van der Waals surface area contributed by atoms with E-state index in [0.717, 1.165) is 4.47 Å². The number of phenolic OH excluding ortho intramolecular Hbond substituents is 1. The third kappa shape index (κ3) is 3.45. The van der Waals surface area contributed by atoms with Gasteiger partial charge in [0, 0.05) is 15.4 Å². The molecule has 5 heteroatoms. The van der Waals surface area contributed by atoms with E-state index in [2.05, 4.69) is 31.9 Å². The minimum Gasteiger partial charge on any atom is -0.508 e. The van der Waals surface area contributed by atoms with Crippen molar-refractivity contribution in [3.05, 3.63) is 28.2 Å². The van der Waals surface area contributed by atoms with Crippen molar-refractivity contribution >= 4 is 31.9 Å². The van der Waals surface area contributed by atoms with Gasteiger partial charge in [-0.3, -0.25) is 0 Å². The van der Waals surface area contributed by atoms with Crippen LogP contribution in [-0.2, 0) is 0 Å². The third-order valence-corrected chi connectivity index (χ3v) is 3.03. The topological polar surface area (TPSA) is 60.7 Å². The van der Waals surface area contributed by atoms with Gasteiger partial charge in [-0.25, -0.2) is 0 Å². The highest BCUT2D eigenvalue weighted by Gasteiger charge is 2.20. The maximum absolute atomic E-state index is 9.77. The van der Waals surface area contributed by atoms with Crippen molar-refractivity contribution in [3.8, 4) is 5.75 Å². The molecule has 0 aromatic heterocycles. The molecule has 3 N–H and O–H groups in total. The molecule has 0 radical (unpaired) electrons. The van der Waals surface area contributed by atoms with Gasteiger partial charge in [0.15, 0.2) is 0 Å². The Labute approximate surface area is 105 Å². The summed E-state index contributed by atoms with van der Waals surface area (Å²) in [5, 5.41) is 29.5. The zero-order chi connectivity index (χ0) is 11.4. The van der Waals surface area contributed by atoms with Gasteiger partial charge >= 0.3 is 0 Å². The van der Waals surface area contributed by atoms with E-state index in [9.17, 15) is 15.3 Å². The number of rotatable bonds is 4. The Kier molecular flexibility index (Phi) is 5.05. The summed E-state index contributed by atoms with van der Waals surface area (Å²) in [6.07, 6.45) is -1.53. The number of hydrogen-bond donors (Lipinski definition) is 3. The van der Waals surface area contributed by atoms with Crippen molar-refractivity contribution in [1.29, 1.82) is 0 Å². The fourth-order valence-electron chi connectivity index (χ4n) is 1.24. The Morgan fingerprint density at radius 1 is 1.27 bits per heavy atom. The lowest BCUT2D eigenvalue weighted by molar-refractivity contribution is 0.0160. The first-order valence-corrected chi connectivity index (χ1v) is 6.38. The summed E-state index contributed by atoms with van der Waals surface area (Å²) in [7, 11) is 0. The van der Waals surface area contributed by atoms with Crippen LogP contribution in [0.2, 0.25) is 0 Å². The van der Waals surface area contributed by atoms with Gasteiger partial charge in [-0.1, -0.05) is 31.9 Å². The lowest BCUT2D eigenvalue weighted by Crippen LogP contribution is -2.18. The average molecular weight is 340 g/mol. The Morgan fingerprint density at radius 3 is 2.53 bits per heavy atom. The van der Waals surface area contributed by atoms with Crippen molar-refractivity contribution in [1.82, 2.24) is 0 Å². The van der Waals surface area contributed by atoms with Crippen molar-refractivity contribution in [2.75, 3.05) is 5.33 Å². The minimum atomic E-state index is -1.07. The molecule has 2 atom stereocenters. The number of aliphatic hydroxyl groups excluding tert-OH is 2. The maximum Gasteiger partial charge on any atom is 0.121 e.